The Kier molecular flexibility index (Phi) is 11.4. The summed E-state index contributed by atoms with van der Waals surface area (Å²) in [5.41, 5.74) is -1.58. The van der Waals surface area contributed by atoms with E-state index in [1.165, 1.54) is 12.1 Å². The van der Waals surface area contributed by atoms with Crippen LogP contribution in [0.4, 0.5) is 18.4 Å². The number of urea groups is 1. The van der Waals surface area contributed by atoms with E-state index in [1.54, 1.807) is 11.0 Å². The monoisotopic (exact) mass is 558 g/mol. The number of likely N-dealkylation sites (N-methyl/N-ethyl adjacent to an activating group) is 1. The van der Waals surface area contributed by atoms with Crippen LogP contribution in [-0.2, 0) is 5.60 Å². The summed E-state index contributed by atoms with van der Waals surface area (Å²) in [7, 11) is 1.83. The van der Waals surface area contributed by atoms with Crippen molar-refractivity contribution in [3.05, 3.63) is 34.6 Å². The largest absolute Gasteiger partial charge is 0.465 e. The molecule has 0 spiro atoms. The molecule has 1 saturated heterocycles. The van der Waals surface area contributed by atoms with Gasteiger partial charge in [0.15, 0.2) is 0 Å². The first-order chi connectivity index (χ1) is 18.1. The topological polar surface area (TPSA) is 114 Å². The molecule has 0 bridgehead atoms. The highest BCUT2D eigenvalue weighted by Crippen LogP contribution is 2.41. The molecule has 38 heavy (non-hydrogen) atoms. The Labute approximate surface area is 228 Å². The molecule has 3 rings (SSSR count). The summed E-state index contributed by atoms with van der Waals surface area (Å²) in [4.78, 5) is 25.8. The molecule has 1 aliphatic carbocycles. The van der Waals surface area contributed by atoms with Crippen molar-refractivity contribution in [2.45, 2.75) is 75.6 Å². The number of halogens is 3. The summed E-state index contributed by atoms with van der Waals surface area (Å²) in [5.74, 6) is -0.811. The van der Waals surface area contributed by atoms with Crippen molar-refractivity contribution >= 4 is 23.7 Å². The van der Waals surface area contributed by atoms with Gasteiger partial charge in [-0.2, -0.15) is 0 Å². The van der Waals surface area contributed by atoms with E-state index in [4.69, 9.17) is 16.7 Å². The number of carbonyl (C=O) groups is 2. The van der Waals surface area contributed by atoms with Crippen molar-refractivity contribution in [2.24, 2.45) is 11.8 Å². The Morgan fingerprint density at radius 3 is 2.66 bits per heavy atom. The number of nitrogens with zero attached hydrogens (tertiary/aromatic N) is 1. The molecule has 3 amide bonds. The summed E-state index contributed by atoms with van der Waals surface area (Å²) in [5, 5.41) is 29.2. The average molecular weight is 559 g/mol. The van der Waals surface area contributed by atoms with E-state index in [9.17, 15) is 19.1 Å². The SMILES string of the molecule is CNC[C@H](C[C@H]1CC[C@H](F)CC1)NC(=O)N1CCC[C@@H]([C@@](O)(CCCNC(=O)O)c2cccc(Cl)c2F)C1. The molecule has 1 aromatic rings. The molecular formula is C27H41ClF2N4O4. The highest BCUT2D eigenvalue weighted by atomic mass is 35.5. The van der Waals surface area contributed by atoms with Crippen molar-refractivity contribution in [3.63, 3.8) is 0 Å². The molecule has 2 aliphatic rings. The van der Waals surface area contributed by atoms with Gasteiger partial charge in [0.05, 0.1) is 10.6 Å². The van der Waals surface area contributed by atoms with E-state index >= 15 is 4.39 Å². The van der Waals surface area contributed by atoms with Gasteiger partial charge in [-0.05, 0) is 76.8 Å². The zero-order valence-electron chi connectivity index (χ0n) is 22.0. The highest BCUT2D eigenvalue weighted by molar-refractivity contribution is 6.30. The van der Waals surface area contributed by atoms with Crippen LogP contribution >= 0.6 is 11.6 Å². The molecule has 1 aliphatic heterocycles. The van der Waals surface area contributed by atoms with Gasteiger partial charge in [0.25, 0.3) is 0 Å². The van der Waals surface area contributed by atoms with E-state index < -0.39 is 29.6 Å². The first-order valence-corrected chi connectivity index (χ1v) is 14.0. The minimum Gasteiger partial charge on any atom is -0.465 e. The highest BCUT2D eigenvalue weighted by Gasteiger charge is 2.43. The number of rotatable bonds is 11. The van der Waals surface area contributed by atoms with Crippen LogP contribution in [0.15, 0.2) is 18.2 Å². The van der Waals surface area contributed by atoms with Gasteiger partial charge < -0.3 is 31.1 Å². The molecule has 0 aromatic heterocycles. The van der Waals surface area contributed by atoms with E-state index in [0.29, 0.717) is 44.7 Å². The fourth-order valence-electron chi connectivity index (χ4n) is 5.97. The molecule has 0 radical (unpaired) electrons. The third-order valence-electron chi connectivity index (χ3n) is 7.99. The molecule has 1 heterocycles. The second-order valence-corrected chi connectivity index (χ2v) is 11.1. The van der Waals surface area contributed by atoms with Crippen LogP contribution in [-0.4, -0.2) is 72.7 Å². The summed E-state index contributed by atoms with van der Waals surface area (Å²) in [6.45, 7) is 1.43. The van der Waals surface area contributed by atoms with Crippen molar-refractivity contribution in [1.29, 1.82) is 0 Å². The molecule has 2 fully saturated rings. The number of carboxylic acid groups (broad SMARTS) is 1. The molecule has 214 valence electrons. The fourth-order valence-corrected chi connectivity index (χ4v) is 6.14. The number of hydrogen-bond donors (Lipinski definition) is 5. The lowest BCUT2D eigenvalue weighted by Gasteiger charge is -2.43. The number of likely N-dealkylation sites (tertiary alicyclic amines) is 1. The van der Waals surface area contributed by atoms with Crippen LogP contribution in [0.1, 0.15) is 63.4 Å². The number of hydrogen-bond acceptors (Lipinski definition) is 4. The van der Waals surface area contributed by atoms with E-state index in [2.05, 4.69) is 16.0 Å². The van der Waals surface area contributed by atoms with Gasteiger partial charge in [0.2, 0.25) is 0 Å². The Morgan fingerprint density at radius 2 is 1.97 bits per heavy atom. The lowest BCUT2D eigenvalue weighted by Crippen LogP contribution is -2.54. The Morgan fingerprint density at radius 1 is 1.24 bits per heavy atom. The van der Waals surface area contributed by atoms with Crippen LogP contribution in [0.2, 0.25) is 5.02 Å². The fraction of sp³-hybridized carbons (Fsp3) is 0.704. The first-order valence-electron chi connectivity index (χ1n) is 13.6. The number of carbonyl (C=O) groups excluding carboxylic acids is 1. The number of piperidine rings is 1. The molecule has 1 saturated carbocycles. The zero-order valence-corrected chi connectivity index (χ0v) is 22.8. The molecule has 0 unspecified atom stereocenters. The molecule has 8 nitrogen and oxygen atoms in total. The number of nitrogens with one attached hydrogen (secondary N) is 3. The predicted molar refractivity (Wildman–Crippen MR) is 143 cm³/mol. The quantitative estimate of drug-likeness (QED) is 0.254. The second kappa shape index (κ2) is 14.3. The predicted octanol–water partition coefficient (Wildman–Crippen LogP) is 4.64. The number of aliphatic hydroxyl groups is 1. The van der Waals surface area contributed by atoms with Gasteiger partial charge >= 0.3 is 12.1 Å². The minimum absolute atomic E-state index is 0.0594. The first kappa shape index (κ1) is 30.4. The second-order valence-electron chi connectivity index (χ2n) is 10.7. The summed E-state index contributed by atoms with van der Waals surface area (Å²) < 4.78 is 28.7. The van der Waals surface area contributed by atoms with Crippen LogP contribution in [0.3, 0.4) is 0 Å². The summed E-state index contributed by atoms with van der Waals surface area (Å²) in [6, 6.07) is 4.14. The number of benzene rings is 1. The van der Waals surface area contributed by atoms with Gasteiger partial charge in [0.1, 0.15) is 12.0 Å². The summed E-state index contributed by atoms with van der Waals surface area (Å²) in [6.07, 6.45) is 3.24. The summed E-state index contributed by atoms with van der Waals surface area (Å²) >= 11 is 6.04. The third kappa shape index (κ3) is 8.16. The minimum atomic E-state index is -1.64. The van der Waals surface area contributed by atoms with Crippen molar-refractivity contribution in [3.8, 4) is 0 Å². The van der Waals surface area contributed by atoms with Gasteiger partial charge in [0, 0.05) is 43.7 Å². The van der Waals surface area contributed by atoms with Gasteiger partial charge in [-0.15, -0.1) is 0 Å². The van der Waals surface area contributed by atoms with Crippen LogP contribution < -0.4 is 16.0 Å². The molecule has 3 atom stereocenters. The van der Waals surface area contributed by atoms with Crippen LogP contribution in [0.25, 0.3) is 0 Å². The maximum absolute atomic E-state index is 15.1. The van der Waals surface area contributed by atoms with E-state index in [0.717, 1.165) is 19.3 Å². The normalized spacial score (nSPS) is 24.3. The van der Waals surface area contributed by atoms with Gasteiger partial charge in [-0.25, -0.2) is 18.4 Å². The maximum Gasteiger partial charge on any atom is 0.404 e. The Bertz CT molecular complexity index is 934. The smallest absolute Gasteiger partial charge is 0.404 e. The third-order valence-corrected chi connectivity index (χ3v) is 8.28. The average Bonchev–Trinajstić information content (AvgIpc) is 2.89. The Hall–Kier alpha value is -2.17. The van der Waals surface area contributed by atoms with Crippen molar-refractivity contribution in [1.82, 2.24) is 20.9 Å². The Balaban J connectivity index is 1.71. The zero-order chi connectivity index (χ0) is 27.7. The van der Waals surface area contributed by atoms with E-state index in [1.807, 2.05) is 7.05 Å². The van der Waals surface area contributed by atoms with Gasteiger partial charge in [-0.1, -0.05) is 23.7 Å². The van der Waals surface area contributed by atoms with Crippen LogP contribution in [0, 0.1) is 17.7 Å². The van der Waals surface area contributed by atoms with Crippen molar-refractivity contribution < 1.29 is 28.6 Å². The van der Waals surface area contributed by atoms with Crippen molar-refractivity contribution in [2.75, 3.05) is 33.2 Å². The molecular weight excluding hydrogens is 518 g/mol. The van der Waals surface area contributed by atoms with Crippen LogP contribution in [0.5, 0.6) is 0 Å². The lowest BCUT2D eigenvalue weighted by molar-refractivity contribution is -0.0576. The van der Waals surface area contributed by atoms with E-state index in [-0.39, 0.29) is 48.6 Å². The molecule has 1 aromatic carbocycles. The number of amides is 3. The number of alkyl halides is 1. The maximum atomic E-state index is 15.1. The molecule has 11 heteroatoms. The van der Waals surface area contributed by atoms with Gasteiger partial charge in [-0.3, -0.25) is 0 Å². The lowest BCUT2D eigenvalue weighted by atomic mass is 9.74. The standard InChI is InChI=1S/C27H41ClF2N4O4/c1-31-16-21(15-18-8-10-20(29)11-9-18)33-25(35)34-14-3-5-19(17-34)27(38,12-4-13-32-26(36)37)22-6-2-7-23(28)24(22)30/h2,6-7,18-21,31-32,38H,3-5,8-17H2,1H3,(H,33,35)(H,36,37)/t18-,19-,20-,21+,27+/m1/s1. The molecule has 5 N–H and O–H groups in total.